The molecule has 1 N–H and O–H groups in total. The molecule has 0 saturated heterocycles. The first kappa shape index (κ1) is 14.3. The van der Waals surface area contributed by atoms with E-state index in [1.807, 2.05) is 6.07 Å². The van der Waals surface area contributed by atoms with E-state index in [0.717, 1.165) is 17.5 Å². The highest BCUT2D eigenvalue weighted by Gasteiger charge is 2.56. The first-order valence-electron chi connectivity index (χ1n) is 7.49. The second-order valence-corrected chi connectivity index (χ2v) is 6.77. The number of benzene rings is 1. The Balaban J connectivity index is 1.78. The summed E-state index contributed by atoms with van der Waals surface area (Å²) in [6.45, 7) is 2.82. The van der Waals surface area contributed by atoms with Gasteiger partial charge in [-0.2, -0.15) is 0 Å². The molecule has 20 heavy (non-hydrogen) atoms. The minimum absolute atomic E-state index is 0.188. The van der Waals surface area contributed by atoms with Gasteiger partial charge in [0.1, 0.15) is 5.82 Å². The summed E-state index contributed by atoms with van der Waals surface area (Å²) in [5.74, 6) is -0.188. The molecule has 110 valence electrons. The van der Waals surface area contributed by atoms with E-state index in [2.05, 4.69) is 28.2 Å². The summed E-state index contributed by atoms with van der Waals surface area (Å²) in [6.07, 6.45) is 6.25. The molecule has 4 heteroatoms. The van der Waals surface area contributed by atoms with Gasteiger partial charge in [0.15, 0.2) is 0 Å². The molecule has 1 aromatic rings. The third kappa shape index (κ3) is 2.27. The highest BCUT2D eigenvalue weighted by molar-refractivity contribution is 9.10. The van der Waals surface area contributed by atoms with Gasteiger partial charge in [-0.05, 0) is 54.2 Å². The highest BCUT2D eigenvalue weighted by Crippen LogP contribution is 2.56. The van der Waals surface area contributed by atoms with Crippen LogP contribution in [0.3, 0.4) is 0 Å². The Morgan fingerprint density at radius 2 is 2.15 bits per heavy atom. The van der Waals surface area contributed by atoms with Crippen LogP contribution in [-0.2, 0) is 4.74 Å². The molecule has 0 aromatic heterocycles. The predicted octanol–water partition coefficient (Wildman–Crippen LogP) is 4.74. The van der Waals surface area contributed by atoms with E-state index in [-0.39, 0.29) is 11.2 Å². The second kappa shape index (κ2) is 5.64. The van der Waals surface area contributed by atoms with Crippen LogP contribution in [0.15, 0.2) is 22.7 Å². The first-order chi connectivity index (χ1) is 9.67. The molecule has 2 nitrogen and oxygen atoms in total. The molecular formula is C16H21BrFNO. The Morgan fingerprint density at radius 1 is 1.40 bits per heavy atom. The number of halogens is 2. The molecule has 3 rings (SSSR count). The Morgan fingerprint density at radius 3 is 2.80 bits per heavy atom. The van der Waals surface area contributed by atoms with Crippen molar-refractivity contribution >= 4 is 21.6 Å². The first-order valence-corrected chi connectivity index (χ1v) is 8.29. The zero-order chi connectivity index (χ0) is 14.2. The van der Waals surface area contributed by atoms with Crippen molar-refractivity contribution in [1.29, 1.82) is 0 Å². The van der Waals surface area contributed by atoms with Gasteiger partial charge in [0.2, 0.25) is 0 Å². The summed E-state index contributed by atoms with van der Waals surface area (Å²) in [5.41, 5.74) is 0.816. The molecule has 0 bridgehead atoms. The monoisotopic (exact) mass is 341 g/mol. The maximum atomic E-state index is 14.0. The van der Waals surface area contributed by atoms with Gasteiger partial charge in [-0.3, -0.25) is 0 Å². The van der Waals surface area contributed by atoms with E-state index in [1.165, 1.54) is 31.7 Å². The number of hydrogen-bond donors (Lipinski definition) is 1. The average Bonchev–Trinajstić information content (AvgIpc) is 2.93. The molecule has 0 radical (unpaired) electrons. The maximum absolute atomic E-state index is 14.0. The van der Waals surface area contributed by atoms with Crippen LogP contribution in [0.4, 0.5) is 10.1 Å². The van der Waals surface area contributed by atoms with Gasteiger partial charge in [-0.1, -0.05) is 18.9 Å². The summed E-state index contributed by atoms with van der Waals surface area (Å²) >= 11 is 3.44. The van der Waals surface area contributed by atoms with Crippen molar-refractivity contribution in [3.63, 3.8) is 0 Å². The number of ether oxygens (including phenoxy) is 1. The van der Waals surface area contributed by atoms with Crippen LogP contribution in [0.25, 0.3) is 0 Å². The number of para-hydroxylation sites is 1. The van der Waals surface area contributed by atoms with Gasteiger partial charge in [0, 0.05) is 22.5 Å². The van der Waals surface area contributed by atoms with Crippen molar-refractivity contribution in [2.45, 2.75) is 51.2 Å². The third-order valence-electron chi connectivity index (χ3n) is 4.97. The third-order valence-corrected chi connectivity index (χ3v) is 5.63. The van der Waals surface area contributed by atoms with E-state index in [9.17, 15) is 4.39 Å². The minimum Gasteiger partial charge on any atom is -0.378 e. The van der Waals surface area contributed by atoms with Crippen LogP contribution < -0.4 is 5.32 Å². The van der Waals surface area contributed by atoms with Gasteiger partial charge in [-0.15, -0.1) is 0 Å². The topological polar surface area (TPSA) is 21.3 Å². The fraction of sp³-hybridized carbons (Fsp3) is 0.625. The lowest BCUT2D eigenvalue weighted by atomic mass is 9.60. The molecule has 0 heterocycles. The number of anilines is 1. The fourth-order valence-corrected chi connectivity index (χ4v) is 4.36. The summed E-state index contributed by atoms with van der Waals surface area (Å²) < 4.78 is 20.7. The van der Waals surface area contributed by atoms with Crippen molar-refractivity contribution in [3.8, 4) is 0 Å². The average molecular weight is 342 g/mol. The summed E-state index contributed by atoms with van der Waals surface area (Å²) in [5, 5.41) is 3.43. The van der Waals surface area contributed by atoms with E-state index < -0.39 is 0 Å². The van der Waals surface area contributed by atoms with Crippen molar-refractivity contribution in [2.75, 3.05) is 11.9 Å². The van der Waals surface area contributed by atoms with Gasteiger partial charge in [0.05, 0.1) is 11.8 Å². The van der Waals surface area contributed by atoms with E-state index in [1.54, 1.807) is 6.07 Å². The summed E-state index contributed by atoms with van der Waals surface area (Å²) in [4.78, 5) is 0. The Labute approximate surface area is 128 Å². The van der Waals surface area contributed by atoms with Crippen LogP contribution >= 0.6 is 15.9 Å². The van der Waals surface area contributed by atoms with Gasteiger partial charge < -0.3 is 10.1 Å². The standard InChI is InChI=1S/C16H21BrFNO/c1-2-20-14-10-13(16(14)8-3-4-9-16)19-15-11(17)6-5-7-12(15)18/h5-7,13-14,19H,2-4,8-10H2,1H3. The minimum atomic E-state index is -0.188. The molecule has 2 unspecified atom stereocenters. The van der Waals surface area contributed by atoms with Crippen molar-refractivity contribution < 1.29 is 9.13 Å². The largest absolute Gasteiger partial charge is 0.378 e. The molecule has 0 aliphatic heterocycles. The van der Waals surface area contributed by atoms with Gasteiger partial charge in [0.25, 0.3) is 0 Å². The summed E-state index contributed by atoms with van der Waals surface area (Å²) in [7, 11) is 0. The maximum Gasteiger partial charge on any atom is 0.147 e. The van der Waals surface area contributed by atoms with Crippen molar-refractivity contribution in [1.82, 2.24) is 0 Å². The Bertz CT molecular complexity index is 467. The molecule has 2 aliphatic rings. The lowest BCUT2D eigenvalue weighted by molar-refractivity contribution is -0.114. The predicted molar refractivity (Wildman–Crippen MR) is 82.4 cm³/mol. The molecule has 0 amide bonds. The van der Waals surface area contributed by atoms with Gasteiger partial charge >= 0.3 is 0 Å². The molecule has 2 fully saturated rings. The van der Waals surface area contributed by atoms with E-state index in [0.29, 0.717) is 17.8 Å². The molecule has 2 atom stereocenters. The SMILES string of the molecule is CCOC1CC(Nc2c(F)cccc2Br)C12CCCC2. The molecular weight excluding hydrogens is 321 g/mol. The number of hydrogen-bond acceptors (Lipinski definition) is 2. The zero-order valence-corrected chi connectivity index (χ0v) is 13.4. The molecule has 2 aliphatic carbocycles. The lowest BCUT2D eigenvalue weighted by Gasteiger charge is -2.54. The molecule has 1 spiro atoms. The van der Waals surface area contributed by atoms with Crippen LogP contribution in [-0.4, -0.2) is 18.8 Å². The van der Waals surface area contributed by atoms with Crippen LogP contribution in [0.2, 0.25) is 0 Å². The van der Waals surface area contributed by atoms with Gasteiger partial charge in [-0.25, -0.2) is 4.39 Å². The van der Waals surface area contributed by atoms with Crippen molar-refractivity contribution in [2.24, 2.45) is 5.41 Å². The molecule has 1 aromatic carbocycles. The van der Waals surface area contributed by atoms with Crippen LogP contribution in [0, 0.1) is 11.2 Å². The highest BCUT2D eigenvalue weighted by atomic mass is 79.9. The Kier molecular flexibility index (Phi) is 4.04. The normalized spacial score (nSPS) is 27.6. The summed E-state index contributed by atoms with van der Waals surface area (Å²) in [6, 6.07) is 5.44. The van der Waals surface area contributed by atoms with Crippen molar-refractivity contribution in [3.05, 3.63) is 28.5 Å². The number of nitrogens with one attached hydrogen (secondary N) is 1. The van der Waals surface area contributed by atoms with E-state index >= 15 is 0 Å². The Hall–Kier alpha value is -0.610. The lowest BCUT2D eigenvalue weighted by Crippen LogP contribution is -2.60. The quantitative estimate of drug-likeness (QED) is 0.854. The van der Waals surface area contributed by atoms with Crippen LogP contribution in [0.1, 0.15) is 39.0 Å². The smallest absolute Gasteiger partial charge is 0.147 e. The second-order valence-electron chi connectivity index (χ2n) is 5.91. The number of rotatable bonds is 4. The molecule has 2 saturated carbocycles. The van der Waals surface area contributed by atoms with E-state index in [4.69, 9.17) is 4.74 Å². The van der Waals surface area contributed by atoms with Crippen LogP contribution in [0.5, 0.6) is 0 Å². The fourth-order valence-electron chi connectivity index (χ4n) is 3.90. The zero-order valence-electron chi connectivity index (χ0n) is 11.8.